The zero-order chi connectivity index (χ0) is 15.0. The van der Waals surface area contributed by atoms with Gasteiger partial charge in [-0.15, -0.1) is 0 Å². The van der Waals surface area contributed by atoms with Gasteiger partial charge in [-0.2, -0.15) is 0 Å². The van der Waals surface area contributed by atoms with Crippen molar-refractivity contribution in [2.75, 3.05) is 13.6 Å². The van der Waals surface area contributed by atoms with Crippen molar-refractivity contribution in [3.8, 4) is 0 Å². The summed E-state index contributed by atoms with van der Waals surface area (Å²) in [6.45, 7) is 9.50. The Morgan fingerprint density at radius 3 is 2.60 bits per heavy atom. The van der Waals surface area contributed by atoms with Gasteiger partial charge in [0, 0.05) is 17.5 Å². The van der Waals surface area contributed by atoms with E-state index in [4.69, 9.17) is 0 Å². The first-order chi connectivity index (χ1) is 9.25. The van der Waals surface area contributed by atoms with Crippen LogP contribution >= 0.6 is 0 Å². The molecule has 2 aliphatic rings. The molecular formula is C17H28N2O. The van der Waals surface area contributed by atoms with Gasteiger partial charge in [-0.05, 0) is 45.7 Å². The number of carbonyl (C=O) groups excluding carboxylic acids is 1. The number of hydrogen-bond donors (Lipinski definition) is 1. The second kappa shape index (κ2) is 5.36. The van der Waals surface area contributed by atoms with Gasteiger partial charge in [-0.25, -0.2) is 0 Å². The van der Waals surface area contributed by atoms with Gasteiger partial charge in [0.05, 0.1) is 6.04 Å². The van der Waals surface area contributed by atoms with Gasteiger partial charge in [-0.1, -0.05) is 32.1 Å². The second-order valence-electron chi connectivity index (χ2n) is 7.34. The van der Waals surface area contributed by atoms with Crippen molar-refractivity contribution in [3.63, 3.8) is 0 Å². The van der Waals surface area contributed by atoms with Crippen LogP contribution in [0.15, 0.2) is 23.8 Å². The van der Waals surface area contributed by atoms with Crippen molar-refractivity contribution >= 4 is 5.91 Å². The molecule has 1 amide bonds. The Hall–Kier alpha value is -1.09. The number of amides is 1. The molecule has 1 saturated heterocycles. The van der Waals surface area contributed by atoms with Crippen LogP contribution in [0.25, 0.3) is 0 Å². The van der Waals surface area contributed by atoms with Crippen LogP contribution in [-0.4, -0.2) is 36.0 Å². The van der Waals surface area contributed by atoms with Crippen LogP contribution in [0, 0.1) is 5.41 Å². The molecule has 1 aliphatic carbocycles. The van der Waals surface area contributed by atoms with E-state index in [9.17, 15) is 4.79 Å². The van der Waals surface area contributed by atoms with E-state index in [-0.39, 0.29) is 22.9 Å². The smallest absolute Gasteiger partial charge is 0.240 e. The summed E-state index contributed by atoms with van der Waals surface area (Å²) >= 11 is 0. The Morgan fingerprint density at radius 1 is 1.35 bits per heavy atom. The molecule has 1 atom stereocenters. The fourth-order valence-electron chi connectivity index (χ4n) is 3.22. The van der Waals surface area contributed by atoms with E-state index in [1.165, 1.54) is 5.57 Å². The van der Waals surface area contributed by atoms with Crippen molar-refractivity contribution < 1.29 is 4.79 Å². The number of likely N-dealkylation sites (N-methyl/N-ethyl adjacent to an activating group) is 1. The molecule has 2 rings (SSSR count). The maximum atomic E-state index is 12.8. The van der Waals surface area contributed by atoms with Crippen LogP contribution in [0.4, 0.5) is 0 Å². The molecule has 0 bridgehead atoms. The minimum Gasteiger partial charge on any atom is -0.332 e. The third-order valence-corrected chi connectivity index (χ3v) is 4.55. The summed E-state index contributed by atoms with van der Waals surface area (Å²) in [6, 6.07) is -0.0317. The highest BCUT2D eigenvalue weighted by Crippen LogP contribution is 2.32. The number of rotatable bonds is 3. The predicted octanol–water partition coefficient (Wildman–Crippen LogP) is 2.89. The fraction of sp³-hybridized carbons (Fsp3) is 0.706. The Morgan fingerprint density at radius 2 is 2.05 bits per heavy atom. The average molecular weight is 276 g/mol. The maximum Gasteiger partial charge on any atom is 0.240 e. The van der Waals surface area contributed by atoms with Gasteiger partial charge >= 0.3 is 0 Å². The first kappa shape index (κ1) is 15.3. The first-order valence-corrected chi connectivity index (χ1v) is 7.65. The molecule has 0 aromatic carbocycles. The SMILES string of the molecule is CNC1CCCC(C)(C)N(CC2=CC(C)(C)C=C2)C1=O. The summed E-state index contributed by atoms with van der Waals surface area (Å²) in [4.78, 5) is 14.8. The molecule has 0 aromatic heterocycles. The van der Waals surface area contributed by atoms with Gasteiger partial charge in [0.25, 0.3) is 0 Å². The molecule has 20 heavy (non-hydrogen) atoms. The topological polar surface area (TPSA) is 32.3 Å². The minimum atomic E-state index is -0.0654. The van der Waals surface area contributed by atoms with E-state index in [2.05, 4.69) is 56.1 Å². The van der Waals surface area contributed by atoms with Crippen molar-refractivity contribution in [1.82, 2.24) is 10.2 Å². The van der Waals surface area contributed by atoms with Crippen LogP contribution in [0.5, 0.6) is 0 Å². The molecule has 0 radical (unpaired) electrons. The van der Waals surface area contributed by atoms with E-state index in [1.807, 2.05) is 7.05 Å². The van der Waals surface area contributed by atoms with Crippen LogP contribution in [-0.2, 0) is 4.79 Å². The molecule has 1 unspecified atom stereocenters. The number of nitrogens with zero attached hydrogens (tertiary/aromatic N) is 1. The van der Waals surface area contributed by atoms with Crippen LogP contribution < -0.4 is 5.32 Å². The number of nitrogens with one attached hydrogen (secondary N) is 1. The number of hydrogen-bond acceptors (Lipinski definition) is 2. The summed E-state index contributed by atoms with van der Waals surface area (Å²) in [5.41, 5.74) is 1.31. The van der Waals surface area contributed by atoms with E-state index < -0.39 is 0 Å². The lowest BCUT2D eigenvalue weighted by Crippen LogP contribution is -2.52. The largest absolute Gasteiger partial charge is 0.332 e. The van der Waals surface area contributed by atoms with Gasteiger partial charge in [0.15, 0.2) is 0 Å². The van der Waals surface area contributed by atoms with Crippen LogP contribution in [0.2, 0.25) is 0 Å². The van der Waals surface area contributed by atoms with E-state index >= 15 is 0 Å². The highest BCUT2D eigenvalue weighted by Gasteiger charge is 2.37. The summed E-state index contributed by atoms with van der Waals surface area (Å²) in [5, 5.41) is 3.17. The third-order valence-electron chi connectivity index (χ3n) is 4.55. The van der Waals surface area contributed by atoms with Gasteiger partial charge in [-0.3, -0.25) is 4.79 Å². The number of likely N-dealkylation sites (tertiary alicyclic amines) is 1. The number of allylic oxidation sites excluding steroid dienone is 2. The van der Waals surface area contributed by atoms with Crippen molar-refractivity contribution in [2.45, 2.75) is 58.5 Å². The molecule has 1 aliphatic heterocycles. The molecule has 3 heteroatoms. The Balaban J connectivity index is 2.21. The predicted molar refractivity (Wildman–Crippen MR) is 83.5 cm³/mol. The molecule has 1 fully saturated rings. The summed E-state index contributed by atoms with van der Waals surface area (Å²) < 4.78 is 0. The zero-order valence-corrected chi connectivity index (χ0v) is 13.5. The molecule has 0 aromatic rings. The van der Waals surface area contributed by atoms with E-state index in [0.29, 0.717) is 0 Å². The molecule has 1 heterocycles. The van der Waals surface area contributed by atoms with Gasteiger partial charge < -0.3 is 10.2 Å². The van der Waals surface area contributed by atoms with Gasteiger partial charge in [0.1, 0.15) is 0 Å². The van der Waals surface area contributed by atoms with E-state index in [0.717, 1.165) is 25.8 Å². The molecule has 3 nitrogen and oxygen atoms in total. The van der Waals surface area contributed by atoms with Crippen LogP contribution in [0.1, 0.15) is 47.0 Å². The standard InChI is InChI=1S/C17H28N2O/c1-16(2)10-8-13(11-16)12-19-15(20)14(18-5)7-6-9-17(19,3)4/h8,10-11,14,18H,6-7,9,12H2,1-5H3. The molecule has 0 saturated carbocycles. The number of carbonyl (C=O) groups is 1. The lowest BCUT2D eigenvalue weighted by atomic mass is 9.95. The Kier molecular flexibility index (Phi) is 4.10. The fourth-order valence-corrected chi connectivity index (χ4v) is 3.22. The monoisotopic (exact) mass is 276 g/mol. The molecule has 112 valence electrons. The Labute approximate surface area is 123 Å². The van der Waals surface area contributed by atoms with Crippen molar-refractivity contribution in [1.29, 1.82) is 0 Å². The van der Waals surface area contributed by atoms with E-state index in [1.54, 1.807) is 0 Å². The summed E-state index contributed by atoms with van der Waals surface area (Å²) in [5.74, 6) is 0.244. The third kappa shape index (κ3) is 3.14. The lowest BCUT2D eigenvalue weighted by molar-refractivity contribution is -0.137. The zero-order valence-electron chi connectivity index (χ0n) is 13.5. The first-order valence-electron chi connectivity index (χ1n) is 7.65. The molecule has 0 spiro atoms. The Bertz CT molecular complexity index is 446. The van der Waals surface area contributed by atoms with Gasteiger partial charge in [0.2, 0.25) is 5.91 Å². The van der Waals surface area contributed by atoms with Crippen LogP contribution in [0.3, 0.4) is 0 Å². The normalized spacial score (nSPS) is 28.4. The highest BCUT2D eigenvalue weighted by molar-refractivity contribution is 5.83. The highest BCUT2D eigenvalue weighted by atomic mass is 16.2. The van der Waals surface area contributed by atoms with Crippen molar-refractivity contribution in [2.24, 2.45) is 5.41 Å². The quantitative estimate of drug-likeness (QED) is 0.859. The summed E-state index contributed by atoms with van der Waals surface area (Å²) in [7, 11) is 1.89. The lowest BCUT2D eigenvalue weighted by Gasteiger charge is -2.38. The molecule has 1 N–H and O–H groups in total. The average Bonchev–Trinajstić information content (AvgIpc) is 2.65. The maximum absolute atomic E-state index is 12.8. The summed E-state index contributed by atoms with van der Waals surface area (Å²) in [6.07, 6.45) is 9.76. The molecular weight excluding hydrogens is 248 g/mol. The second-order valence-corrected chi connectivity index (χ2v) is 7.34. The van der Waals surface area contributed by atoms with Crippen molar-refractivity contribution in [3.05, 3.63) is 23.8 Å². The minimum absolute atomic E-state index is 0.0317.